The summed E-state index contributed by atoms with van der Waals surface area (Å²) in [5, 5.41) is 3.24. The minimum Gasteiger partial charge on any atom is -0.341 e. The molecule has 1 atom stereocenters. The van der Waals surface area contributed by atoms with Crippen molar-refractivity contribution < 1.29 is 4.79 Å². The summed E-state index contributed by atoms with van der Waals surface area (Å²) in [4.78, 5) is 14.0. The molecule has 1 aliphatic heterocycles. The minimum atomic E-state index is 0.171. The Hall–Kier alpha value is -1.35. The fourth-order valence-corrected chi connectivity index (χ4v) is 2.41. The molecule has 1 heterocycles. The molecule has 0 radical (unpaired) electrons. The molecular weight excluding hydrogens is 224 g/mol. The molecule has 3 heteroatoms. The van der Waals surface area contributed by atoms with Crippen molar-refractivity contribution in [3.05, 3.63) is 35.4 Å². The van der Waals surface area contributed by atoms with Crippen LogP contribution in [0.25, 0.3) is 0 Å². The number of benzene rings is 1. The summed E-state index contributed by atoms with van der Waals surface area (Å²) in [5.41, 5.74) is 2.54. The zero-order chi connectivity index (χ0) is 13.0. The molecule has 1 unspecified atom stereocenters. The smallest absolute Gasteiger partial charge is 0.227 e. The summed E-state index contributed by atoms with van der Waals surface area (Å²) >= 11 is 0. The van der Waals surface area contributed by atoms with Crippen LogP contribution >= 0.6 is 0 Å². The van der Waals surface area contributed by atoms with Gasteiger partial charge in [-0.1, -0.05) is 31.2 Å². The van der Waals surface area contributed by atoms with Gasteiger partial charge in [0.1, 0.15) is 0 Å². The predicted octanol–water partition coefficient (Wildman–Crippen LogP) is 1.82. The van der Waals surface area contributed by atoms with Crippen molar-refractivity contribution in [3.8, 4) is 0 Å². The molecule has 2 rings (SSSR count). The molecule has 0 bridgehead atoms. The number of aryl methyl sites for hydroxylation is 1. The zero-order valence-corrected chi connectivity index (χ0v) is 11.3. The van der Waals surface area contributed by atoms with Gasteiger partial charge in [-0.15, -0.1) is 0 Å². The summed E-state index contributed by atoms with van der Waals surface area (Å²) in [6.45, 7) is 4.66. The van der Waals surface area contributed by atoms with Crippen LogP contribution in [-0.2, 0) is 17.8 Å². The van der Waals surface area contributed by atoms with E-state index in [1.807, 2.05) is 11.9 Å². The Morgan fingerprint density at radius 1 is 1.33 bits per heavy atom. The van der Waals surface area contributed by atoms with Crippen LogP contribution in [0.2, 0.25) is 0 Å². The third kappa shape index (κ3) is 3.10. The lowest BCUT2D eigenvalue weighted by Gasteiger charge is -2.20. The number of rotatable bonds is 4. The van der Waals surface area contributed by atoms with Gasteiger partial charge in [0.15, 0.2) is 0 Å². The number of amides is 1. The van der Waals surface area contributed by atoms with Gasteiger partial charge in [0.25, 0.3) is 0 Å². The molecule has 1 N–H and O–H groups in total. The minimum absolute atomic E-state index is 0.171. The Morgan fingerprint density at radius 3 is 2.56 bits per heavy atom. The molecule has 0 aliphatic carbocycles. The first-order chi connectivity index (χ1) is 8.70. The van der Waals surface area contributed by atoms with Crippen molar-refractivity contribution in [1.29, 1.82) is 0 Å². The maximum Gasteiger partial charge on any atom is 0.227 e. The molecule has 1 saturated heterocycles. The monoisotopic (exact) mass is 246 g/mol. The normalized spacial score (nSPS) is 18.9. The van der Waals surface area contributed by atoms with Crippen LogP contribution in [0.4, 0.5) is 0 Å². The van der Waals surface area contributed by atoms with E-state index in [1.165, 1.54) is 11.1 Å². The Balaban J connectivity index is 1.92. The number of hydrogen-bond donors (Lipinski definition) is 1. The predicted molar refractivity (Wildman–Crippen MR) is 73.3 cm³/mol. The van der Waals surface area contributed by atoms with Gasteiger partial charge in [-0.3, -0.25) is 4.79 Å². The van der Waals surface area contributed by atoms with Crippen molar-refractivity contribution in [1.82, 2.24) is 10.2 Å². The van der Waals surface area contributed by atoms with Gasteiger partial charge in [0.2, 0.25) is 5.91 Å². The molecule has 18 heavy (non-hydrogen) atoms. The van der Waals surface area contributed by atoms with Gasteiger partial charge < -0.3 is 10.2 Å². The molecule has 1 aromatic carbocycles. The van der Waals surface area contributed by atoms with E-state index < -0.39 is 0 Å². The maximum atomic E-state index is 12.2. The van der Waals surface area contributed by atoms with E-state index in [0.29, 0.717) is 6.54 Å². The highest BCUT2D eigenvalue weighted by molar-refractivity contribution is 5.79. The molecule has 1 aliphatic rings. The van der Waals surface area contributed by atoms with E-state index in [4.69, 9.17) is 0 Å². The van der Waals surface area contributed by atoms with Gasteiger partial charge in [0.05, 0.1) is 5.92 Å². The lowest BCUT2D eigenvalue weighted by atomic mass is 10.1. The molecule has 1 aromatic rings. The number of nitrogens with one attached hydrogen (secondary N) is 1. The lowest BCUT2D eigenvalue weighted by Crippen LogP contribution is -2.33. The topological polar surface area (TPSA) is 32.3 Å². The van der Waals surface area contributed by atoms with Crippen molar-refractivity contribution in [2.45, 2.75) is 26.3 Å². The van der Waals surface area contributed by atoms with E-state index in [1.54, 1.807) is 0 Å². The van der Waals surface area contributed by atoms with Crippen LogP contribution < -0.4 is 5.32 Å². The largest absolute Gasteiger partial charge is 0.341 e. The van der Waals surface area contributed by atoms with Gasteiger partial charge in [0, 0.05) is 20.1 Å². The van der Waals surface area contributed by atoms with Gasteiger partial charge in [-0.05, 0) is 30.5 Å². The molecule has 98 valence electrons. The fraction of sp³-hybridized carbons (Fsp3) is 0.533. The van der Waals surface area contributed by atoms with Crippen molar-refractivity contribution >= 4 is 5.91 Å². The van der Waals surface area contributed by atoms with Crippen LogP contribution in [0.5, 0.6) is 0 Å². The van der Waals surface area contributed by atoms with Gasteiger partial charge >= 0.3 is 0 Å². The second-order valence-corrected chi connectivity index (χ2v) is 5.05. The first-order valence-corrected chi connectivity index (χ1v) is 6.74. The van der Waals surface area contributed by atoms with E-state index in [9.17, 15) is 4.79 Å². The second-order valence-electron chi connectivity index (χ2n) is 5.05. The lowest BCUT2D eigenvalue weighted by molar-refractivity contribution is -0.134. The molecule has 0 aromatic heterocycles. The van der Waals surface area contributed by atoms with E-state index in [2.05, 4.69) is 36.5 Å². The fourth-order valence-electron chi connectivity index (χ4n) is 2.41. The SMILES string of the molecule is CCc1ccc(CN(C)C(=O)C2CCNC2)cc1. The summed E-state index contributed by atoms with van der Waals surface area (Å²) in [6, 6.07) is 8.53. The van der Waals surface area contributed by atoms with Crippen molar-refractivity contribution in [2.75, 3.05) is 20.1 Å². The highest BCUT2D eigenvalue weighted by Gasteiger charge is 2.25. The summed E-state index contributed by atoms with van der Waals surface area (Å²) in [6.07, 6.45) is 2.03. The number of carbonyl (C=O) groups excluding carboxylic acids is 1. The summed E-state index contributed by atoms with van der Waals surface area (Å²) < 4.78 is 0. The van der Waals surface area contributed by atoms with Crippen LogP contribution in [0.15, 0.2) is 24.3 Å². The van der Waals surface area contributed by atoms with E-state index >= 15 is 0 Å². The van der Waals surface area contributed by atoms with Crippen LogP contribution in [-0.4, -0.2) is 30.9 Å². The van der Waals surface area contributed by atoms with Gasteiger partial charge in [-0.25, -0.2) is 0 Å². The second kappa shape index (κ2) is 6.01. The summed E-state index contributed by atoms with van der Waals surface area (Å²) in [5.74, 6) is 0.435. The highest BCUT2D eigenvalue weighted by Crippen LogP contribution is 2.13. The van der Waals surface area contributed by atoms with Crippen molar-refractivity contribution in [2.24, 2.45) is 5.92 Å². The average Bonchev–Trinajstić information content (AvgIpc) is 2.92. The molecule has 1 amide bonds. The number of nitrogens with zero attached hydrogens (tertiary/aromatic N) is 1. The van der Waals surface area contributed by atoms with Crippen LogP contribution in [0, 0.1) is 5.92 Å². The standard InChI is InChI=1S/C15H22N2O/c1-3-12-4-6-13(7-5-12)11-17(2)15(18)14-8-9-16-10-14/h4-7,14,16H,3,8-11H2,1-2H3. The molecule has 1 fully saturated rings. The molecule has 0 saturated carbocycles. The number of hydrogen-bond acceptors (Lipinski definition) is 2. The zero-order valence-electron chi connectivity index (χ0n) is 11.3. The van der Waals surface area contributed by atoms with Crippen molar-refractivity contribution in [3.63, 3.8) is 0 Å². The molecular formula is C15H22N2O. The Kier molecular flexibility index (Phi) is 4.37. The van der Waals surface area contributed by atoms with E-state index in [-0.39, 0.29) is 11.8 Å². The summed E-state index contributed by atoms with van der Waals surface area (Å²) in [7, 11) is 1.90. The quantitative estimate of drug-likeness (QED) is 0.879. The average molecular weight is 246 g/mol. The highest BCUT2D eigenvalue weighted by atomic mass is 16.2. The maximum absolute atomic E-state index is 12.2. The Morgan fingerprint density at radius 2 is 2.00 bits per heavy atom. The first kappa shape index (κ1) is 13.1. The Labute approximate surface area is 109 Å². The molecule has 3 nitrogen and oxygen atoms in total. The van der Waals surface area contributed by atoms with Crippen LogP contribution in [0.3, 0.4) is 0 Å². The third-order valence-electron chi connectivity index (χ3n) is 3.64. The first-order valence-electron chi connectivity index (χ1n) is 6.74. The Bertz CT molecular complexity index is 393. The van der Waals surface area contributed by atoms with Crippen LogP contribution in [0.1, 0.15) is 24.5 Å². The number of carbonyl (C=O) groups is 1. The van der Waals surface area contributed by atoms with E-state index in [0.717, 1.165) is 25.9 Å². The van der Waals surface area contributed by atoms with Gasteiger partial charge in [-0.2, -0.15) is 0 Å². The third-order valence-corrected chi connectivity index (χ3v) is 3.64. The molecule has 0 spiro atoms.